The fourth-order valence-electron chi connectivity index (χ4n) is 3.62. The van der Waals surface area contributed by atoms with Gasteiger partial charge < -0.3 is 14.5 Å². The van der Waals surface area contributed by atoms with Crippen LogP contribution in [0.1, 0.15) is 17.0 Å². The maximum atomic E-state index is 12.6. The van der Waals surface area contributed by atoms with E-state index in [0.29, 0.717) is 24.7 Å². The van der Waals surface area contributed by atoms with E-state index in [1.165, 1.54) is 0 Å². The number of aromatic amines is 1. The smallest absolute Gasteiger partial charge is 0.264 e. The number of para-hydroxylation sites is 1. The monoisotopic (exact) mass is 472 g/mol. The molecule has 0 spiro atoms. The summed E-state index contributed by atoms with van der Waals surface area (Å²) in [4.78, 5) is 29.2. The zero-order valence-corrected chi connectivity index (χ0v) is 20.0. The number of aryl methyl sites for hydroxylation is 2. The number of rotatable bonds is 8. The predicted molar refractivity (Wildman–Crippen MR) is 136 cm³/mol. The van der Waals surface area contributed by atoms with Crippen molar-refractivity contribution in [3.63, 3.8) is 0 Å². The number of methoxy groups -OCH3 is 1. The molecular formula is C26H28N6O3. The van der Waals surface area contributed by atoms with Gasteiger partial charge in [0.1, 0.15) is 11.5 Å². The van der Waals surface area contributed by atoms with Crippen LogP contribution in [0.4, 0.5) is 5.95 Å². The van der Waals surface area contributed by atoms with Crippen molar-refractivity contribution in [2.75, 3.05) is 25.6 Å². The third kappa shape index (κ3) is 6.57. The number of ether oxygens (including phenoxy) is 2. The predicted octanol–water partition coefficient (Wildman–Crippen LogP) is 3.79. The van der Waals surface area contributed by atoms with Crippen molar-refractivity contribution in [3.05, 3.63) is 77.7 Å². The number of hydrogen-bond donors (Lipinski definition) is 3. The van der Waals surface area contributed by atoms with Crippen LogP contribution in [0.2, 0.25) is 0 Å². The van der Waals surface area contributed by atoms with Gasteiger partial charge in [-0.3, -0.25) is 20.4 Å². The van der Waals surface area contributed by atoms with Crippen LogP contribution < -0.4 is 20.1 Å². The van der Waals surface area contributed by atoms with Gasteiger partial charge in [-0.1, -0.05) is 18.2 Å². The third-order valence-corrected chi connectivity index (χ3v) is 5.21. The highest BCUT2D eigenvalue weighted by Crippen LogP contribution is 2.23. The lowest BCUT2D eigenvalue weighted by Gasteiger charge is -2.12. The summed E-state index contributed by atoms with van der Waals surface area (Å²) in [6.45, 7) is 4.05. The van der Waals surface area contributed by atoms with Gasteiger partial charge >= 0.3 is 0 Å². The van der Waals surface area contributed by atoms with Crippen molar-refractivity contribution in [1.82, 2.24) is 20.3 Å². The second kappa shape index (κ2) is 11.1. The molecule has 3 N–H and O–H groups in total. The summed E-state index contributed by atoms with van der Waals surface area (Å²) in [5, 5.41) is 6.92. The van der Waals surface area contributed by atoms with Gasteiger partial charge in [-0.2, -0.15) is 0 Å². The highest BCUT2D eigenvalue weighted by molar-refractivity contribution is 6.03. The molecule has 1 amide bonds. The number of nitrogens with zero attached hydrogens (tertiary/aromatic N) is 3. The quantitative estimate of drug-likeness (QED) is 0.266. The molecule has 35 heavy (non-hydrogen) atoms. The molecule has 0 radical (unpaired) electrons. The molecule has 0 fully saturated rings. The summed E-state index contributed by atoms with van der Waals surface area (Å²) in [6.07, 6.45) is 2.63. The van der Waals surface area contributed by atoms with E-state index < -0.39 is 0 Å². The first-order valence-electron chi connectivity index (χ1n) is 11.3. The van der Waals surface area contributed by atoms with E-state index in [0.717, 1.165) is 33.6 Å². The van der Waals surface area contributed by atoms with Crippen LogP contribution in [-0.2, 0) is 11.2 Å². The fraction of sp³-hybridized carbons (Fsp3) is 0.231. The maximum Gasteiger partial charge on any atom is 0.264 e. The Bertz CT molecular complexity index is 1310. The Morgan fingerprint density at radius 1 is 1.03 bits per heavy atom. The van der Waals surface area contributed by atoms with Gasteiger partial charge in [0.15, 0.2) is 6.61 Å². The van der Waals surface area contributed by atoms with E-state index in [2.05, 4.69) is 30.6 Å². The number of guanidine groups is 1. The molecule has 0 atom stereocenters. The Kier molecular flexibility index (Phi) is 7.57. The number of amides is 1. The molecule has 0 unspecified atom stereocenters. The Morgan fingerprint density at radius 2 is 1.80 bits per heavy atom. The normalized spacial score (nSPS) is 11.3. The molecule has 180 valence electrons. The molecule has 0 aliphatic carbocycles. The molecule has 4 aromatic rings. The van der Waals surface area contributed by atoms with E-state index in [9.17, 15) is 4.79 Å². The van der Waals surface area contributed by atoms with Gasteiger partial charge in [-0.25, -0.2) is 9.97 Å². The molecule has 0 saturated heterocycles. The minimum absolute atomic E-state index is 0.150. The number of benzene rings is 2. The van der Waals surface area contributed by atoms with Gasteiger partial charge in [0.05, 0.1) is 7.11 Å². The molecule has 2 aromatic heterocycles. The van der Waals surface area contributed by atoms with Gasteiger partial charge in [-0.15, -0.1) is 0 Å². The number of aromatic nitrogens is 3. The zero-order valence-electron chi connectivity index (χ0n) is 20.0. The maximum absolute atomic E-state index is 12.6. The van der Waals surface area contributed by atoms with Crippen molar-refractivity contribution in [1.29, 1.82) is 0 Å². The van der Waals surface area contributed by atoms with Crippen LogP contribution in [-0.4, -0.2) is 47.1 Å². The number of hydrogen-bond acceptors (Lipinski definition) is 6. The molecule has 9 heteroatoms. The van der Waals surface area contributed by atoms with Crippen LogP contribution in [0.3, 0.4) is 0 Å². The number of fused-ring (bicyclic) bond motifs is 1. The lowest BCUT2D eigenvalue weighted by molar-refractivity contribution is -0.121. The third-order valence-electron chi connectivity index (χ3n) is 5.21. The minimum atomic E-state index is -0.344. The van der Waals surface area contributed by atoms with Gasteiger partial charge in [0.2, 0.25) is 11.9 Å². The molecule has 9 nitrogen and oxygen atoms in total. The number of nitrogens with one attached hydrogen (secondary N) is 3. The summed E-state index contributed by atoms with van der Waals surface area (Å²) >= 11 is 0. The van der Waals surface area contributed by atoms with Crippen LogP contribution >= 0.6 is 0 Å². The Morgan fingerprint density at radius 3 is 2.54 bits per heavy atom. The van der Waals surface area contributed by atoms with E-state index >= 15 is 0 Å². The van der Waals surface area contributed by atoms with Crippen LogP contribution in [0.5, 0.6) is 11.5 Å². The van der Waals surface area contributed by atoms with Gasteiger partial charge in [0.25, 0.3) is 5.91 Å². The highest BCUT2D eigenvalue weighted by Gasteiger charge is 2.11. The average Bonchev–Trinajstić information content (AvgIpc) is 3.25. The minimum Gasteiger partial charge on any atom is -0.497 e. The average molecular weight is 473 g/mol. The largest absolute Gasteiger partial charge is 0.497 e. The Balaban J connectivity index is 1.46. The second-order valence-electron chi connectivity index (χ2n) is 7.95. The van der Waals surface area contributed by atoms with Crippen LogP contribution in [0, 0.1) is 13.8 Å². The van der Waals surface area contributed by atoms with E-state index in [1.807, 2.05) is 62.5 Å². The molecule has 0 bridgehead atoms. The summed E-state index contributed by atoms with van der Waals surface area (Å²) in [7, 11) is 1.65. The standard InChI is InChI=1S/C26H28N6O3/c1-17-13-18(2)30-26(29-17)32-25(31-24(33)16-35-20-7-5-4-6-8-20)27-12-11-19-15-28-23-14-21(34-3)9-10-22(19)23/h4-10,13-15,28H,11-12,16H2,1-3H3,(H2,27,29,30,31,32,33). The second-order valence-corrected chi connectivity index (χ2v) is 7.95. The molecule has 0 aliphatic heterocycles. The van der Waals surface area contributed by atoms with Gasteiger partial charge in [0, 0.05) is 41.1 Å². The van der Waals surface area contributed by atoms with Crippen molar-refractivity contribution in [2.45, 2.75) is 20.3 Å². The van der Waals surface area contributed by atoms with Crippen molar-refractivity contribution >= 4 is 28.7 Å². The fourth-order valence-corrected chi connectivity index (χ4v) is 3.62. The molecule has 2 heterocycles. The first-order valence-corrected chi connectivity index (χ1v) is 11.3. The highest BCUT2D eigenvalue weighted by atomic mass is 16.5. The van der Waals surface area contributed by atoms with E-state index in [1.54, 1.807) is 19.2 Å². The number of anilines is 1. The van der Waals surface area contributed by atoms with Crippen molar-refractivity contribution in [3.8, 4) is 11.5 Å². The summed E-state index contributed by atoms with van der Waals surface area (Å²) in [5.74, 6) is 1.69. The lowest BCUT2D eigenvalue weighted by Crippen LogP contribution is -2.39. The van der Waals surface area contributed by atoms with Gasteiger partial charge in [-0.05, 0) is 56.2 Å². The van der Waals surface area contributed by atoms with Crippen molar-refractivity contribution < 1.29 is 14.3 Å². The topological polar surface area (TPSA) is 114 Å². The summed E-state index contributed by atoms with van der Waals surface area (Å²) in [5.41, 5.74) is 3.74. The summed E-state index contributed by atoms with van der Waals surface area (Å²) in [6, 6.07) is 17.0. The van der Waals surface area contributed by atoms with Crippen LogP contribution in [0.15, 0.2) is 65.8 Å². The number of carbonyl (C=O) groups excluding carboxylic acids is 1. The number of aliphatic imine (C=N–C) groups is 1. The molecule has 0 saturated carbocycles. The Labute approximate surface area is 203 Å². The lowest BCUT2D eigenvalue weighted by atomic mass is 10.1. The molecular weight excluding hydrogens is 444 g/mol. The first kappa shape index (κ1) is 23.7. The zero-order chi connectivity index (χ0) is 24.6. The molecule has 2 aromatic carbocycles. The number of H-pyrrole nitrogens is 1. The number of carbonyl (C=O) groups is 1. The van der Waals surface area contributed by atoms with E-state index in [4.69, 9.17) is 9.47 Å². The SMILES string of the molecule is COc1ccc2c(CCN=C(NC(=O)COc3ccccc3)Nc3nc(C)cc(C)n3)c[nH]c2c1. The van der Waals surface area contributed by atoms with Crippen LogP contribution in [0.25, 0.3) is 10.9 Å². The summed E-state index contributed by atoms with van der Waals surface area (Å²) < 4.78 is 10.8. The molecule has 4 rings (SSSR count). The Hall–Kier alpha value is -4.40. The molecule has 0 aliphatic rings. The van der Waals surface area contributed by atoms with Crippen molar-refractivity contribution in [2.24, 2.45) is 4.99 Å². The van der Waals surface area contributed by atoms with E-state index in [-0.39, 0.29) is 18.5 Å². The first-order chi connectivity index (χ1) is 17.0.